The van der Waals surface area contributed by atoms with Gasteiger partial charge in [0.25, 0.3) is 5.91 Å². The molecule has 3 aliphatic heterocycles. The van der Waals surface area contributed by atoms with E-state index >= 15 is 0 Å². The molecule has 5 aromatic rings. The fraction of sp³-hybridized carbons (Fsp3) is 0.310. The van der Waals surface area contributed by atoms with Crippen molar-refractivity contribution in [1.29, 1.82) is 0 Å². The predicted molar refractivity (Wildman–Crippen MR) is 207 cm³/mol. The number of hydrogen-bond acceptors (Lipinski definition) is 10. The quantitative estimate of drug-likeness (QED) is 0.0909. The van der Waals surface area contributed by atoms with Crippen molar-refractivity contribution in [3.8, 4) is 17.2 Å². The van der Waals surface area contributed by atoms with Gasteiger partial charge in [-0.3, -0.25) is 14.5 Å². The van der Waals surface area contributed by atoms with Crippen molar-refractivity contribution in [3.05, 3.63) is 130 Å². The largest absolute Gasteiger partial charge is 0.506 e. The zero-order valence-electron chi connectivity index (χ0n) is 30.5. The lowest BCUT2D eigenvalue weighted by Crippen LogP contribution is -2.52. The Hall–Kier alpha value is -5.89. The van der Waals surface area contributed by atoms with Gasteiger partial charge in [-0.25, -0.2) is 4.79 Å². The maximum absolute atomic E-state index is 13.2. The number of carbonyl (C=O) groups excluding carboxylic acids is 2. The van der Waals surface area contributed by atoms with E-state index in [4.69, 9.17) is 14.2 Å². The summed E-state index contributed by atoms with van der Waals surface area (Å²) < 4.78 is 17.4. The summed E-state index contributed by atoms with van der Waals surface area (Å²) in [5, 5.41) is 30.7. The van der Waals surface area contributed by atoms with Crippen LogP contribution in [0.5, 0.6) is 17.2 Å². The van der Waals surface area contributed by atoms with E-state index in [-0.39, 0.29) is 42.0 Å². The molecule has 0 unspecified atom stereocenters. The van der Waals surface area contributed by atoms with Gasteiger partial charge in [0.1, 0.15) is 23.4 Å². The molecule has 0 aliphatic carbocycles. The van der Waals surface area contributed by atoms with E-state index in [9.17, 15) is 24.6 Å². The highest BCUT2D eigenvalue weighted by Gasteiger charge is 2.37. The molecule has 3 atom stereocenters. The first-order chi connectivity index (χ1) is 26.7. The second-order valence-electron chi connectivity index (χ2n) is 13.9. The van der Waals surface area contributed by atoms with E-state index in [1.165, 1.54) is 19.2 Å². The van der Waals surface area contributed by atoms with Crippen LogP contribution in [0, 0.1) is 5.92 Å². The van der Waals surface area contributed by atoms with Crippen LogP contribution in [0.2, 0.25) is 0 Å². The molecule has 13 heteroatoms. The van der Waals surface area contributed by atoms with E-state index in [0.717, 1.165) is 49.2 Å². The molecule has 3 aliphatic rings. The van der Waals surface area contributed by atoms with Crippen LogP contribution in [0.25, 0.3) is 10.9 Å². The summed E-state index contributed by atoms with van der Waals surface area (Å²) in [4.78, 5) is 42.9. The molecule has 4 aromatic carbocycles. The number of nitrogens with one attached hydrogen (secondary N) is 4. The number of pyridine rings is 1. The van der Waals surface area contributed by atoms with Crippen molar-refractivity contribution in [2.45, 2.75) is 37.6 Å². The van der Waals surface area contributed by atoms with Crippen molar-refractivity contribution in [2.24, 2.45) is 5.92 Å². The molecule has 3 saturated heterocycles. The van der Waals surface area contributed by atoms with Crippen LogP contribution in [0.4, 0.5) is 10.5 Å². The third kappa shape index (κ3) is 9.08. The van der Waals surface area contributed by atoms with Crippen molar-refractivity contribution in [2.75, 3.05) is 45.2 Å². The minimum absolute atomic E-state index is 0.0751. The lowest BCUT2D eigenvalue weighted by molar-refractivity contribution is -0.118. The first-order valence-corrected chi connectivity index (χ1v) is 18.4. The highest BCUT2D eigenvalue weighted by Crippen LogP contribution is 2.32. The Morgan fingerprint density at radius 2 is 1.75 bits per heavy atom. The van der Waals surface area contributed by atoms with Gasteiger partial charge in [0.05, 0.1) is 24.8 Å². The second-order valence-corrected chi connectivity index (χ2v) is 13.9. The number of carbonyl (C=O) groups is 2. The number of aliphatic hydroxyl groups excluding tert-OH is 1. The van der Waals surface area contributed by atoms with Crippen LogP contribution in [0.15, 0.2) is 102 Å². The van der Waals surface area contributed by atoms with E-state index < -0.39 is 18.2 Å². The number of H-pyrrole nitrogens is 1. The smallest absolute Gasteiger partial charge is 0.408 e. The third-order valence-corrected chi connectivity index (χ3v) is 10.3. The first-order valence-electron chi connectivity index (χ1n) is 18.4. The molecule has 2 bridgehead atoms. The molecule has 2 amide bonds. The lowest BCUT2D eigenvalue weighted by atomic mass is 9.86. The highest BCUT2D eigenvalue weighted by molar-refractivity contribution is 5.92. The number of methoxy groups -OCH3 is 1. The standard InChI is InChI=1S/C42H45N5O8/c1-53-36-21-30(11-10-29(36)22-43-23-35(49)32-12-14-34(48)41-33(32)13-15-38(50)45-41)44-39(51)25-54-31-9-5-8-28(20-31)40(27-6-3-2-4-7-27)46-42(52)55-37-24-47-18-16-26(37)17-19-47/h2-15,20-21,26,35,37,40,43,48-49H,16-19,22-25H2,1H3,(H,44,51)(H,45,50)(H,46,52)/t35-,37+,40-/m0/s1. The number of aromatic hydroxyl groups is 1. The maximum Gasteiger partial charge on any atom is 0.408 e. The molecule has 55 heavy (non-hydrogen) atoms. The van der Waals surface area contributed by atoms with Gasteiger partial charge in [-0.2, -0.15) is 0 Å². The number of phenols is 1. The second kappa shape index (κ2) is 17.1. The van der Waals surface area contributed by atoms with E-state index in [1.54, 1.807) is 30.3 Å². The molecule has 3 fully saturated rings. The van der Waals surface area contributed by atoms with Gasteiger partial charge in [0, 0.05) is 48.4 Å². The molecule has 6 N–H and O–H groups in total. The van der Waals surface area contributed by atoms with Gasteiger partial charge in [-0.15, -0.1) is 0 Å². The molecule has 0 saturated carbocycles. The van der Waals surface area contributed by atoms with Gasteiger partial charge < -0.3 is 45.4 Å². The predicted octanol–water partition coefficient (Wildman–Crippen LogP) is 4.99. The molecule has 286 valence electrons. The number of benzene rings is 4. The van der Waals surface area contributed by atoms with Crippen molar-refractivity contribution < 1.29 is 34.0 Å². The van der Waals surface area contributed by atoms with Crippen LogP contribution >= 0.6 is 0 Å². The minimum atomic E-state index is -0.920. The number of ether oxygens (including phenoxy) is 3. The average Bonchev–Trinajstić information content (AvgIpc) is 3.20. The number of alkyl carbamates (subject to hydrolysis) is 1. The summed E-state index contributed by atoms with van der Waals surface area (Å²) in [6.07, 6.45) is 0.591. The minimum Gasteiger partial charge on any atom is -0.506 e. The van der Waals surface area contributed by atoms with Crippen LogP contribution in [0.3, 0.4) is 0 Å². The summed E-state index contributed by atoms with van der Waals surface area (Å²) in [5.74, 6) is 0.950. The Kier molecular flexibility index (Phi) is 11.6. The normalized spacial score (nSPS) is 18.6. The third-order valence-electron chi connectivity index (χ3n) is 10.3. The number of anilines is 1. The molecule has 4 heterocycles. The van der Waals surface area contributed by atoms with Gasteiger partial charge >= 0.3 is 6.09 Å². The molecular formula is C42H45N5O8. The van der Waals surface area contributed by atoms with Crippen molar-refractivity contribution in [3.63, 3.8) is 0 Å². The maximum atomic E-state index is 13.2. The Labute approximate surface area is 318 Å². The fourth-order valence-electron chi connectivity index (χ4n) is 7.44. The molecule has 0 radical (unpaired) electrons. The van der Waals surface area contributed by atoms with Gasteiger partial charge in [0.15, 0.2) is 6.61 Å². The summed E-state index contributed by atoms with van der Waals surface area (Å²) in [6, 6.07) is 27.7. The number of hydrogen-bond donors (Lipinski definition) is 6. The summed E-state index contributed by atoms with van der Waals surface area (Å²) in [7, 11) is 1.54. The van der Waals surface area contributed by atoms with Crippen LogP contribution in [-0.2, 0) is 16.1 Å². The number of aromatic nitrogens is 1. The Balaban J connectivity index is 0.935. The van der Waals surface area contributed by atoms with Crippen molar-refractivity contribution >= 4 is 28.6 Å². The molecule has 13 nitrogen and oxygen atoms in total. The van der Waals surface area contributed by atoms with Crippen LogP contribution < -0.4 is 31.0 Å². The highest BCUT2D eigenvalue weighted by atomic mass is 16.6. The molecule has 1 aromatic heterocycles. The SMILES string of the molecule is COc1cc(NC(=O)COc2cccc([C@@H](NC(=O)O[C@@H]3CN4CCC3CC4)c3ccccc3)c2)ccc1CNC[C@H](O)c1ccc(O)c2[nH]c(=O)ccc12. The number of amides is 2. The fourth-order valence-corrected chi connectivity index (χ4v) is 7.44. The monoisotopic (exact) mass is 747 g/mol. The van der Waals surface area contributed by atoms with Gasteiger partial charge in [0.2, 0.25) is 5.56 Å². The van der Waals surface area contributed by atoms with Gasteiger partial charge in [-0.1, -0.05) is 54.6 Å². The number of phenolic OH excluding ortho intramolecular Hbond substituents is 1. The number of aromatic amines is 1. The summed E-state index contributed by atoms with van der Waals surface area (Å²) in [5.41, 5.74) is 3.46. The van der Waals surface area contributed by atoms with E-state index in [0.29, 0.717) is 40.6 Å². The topological polar surface area (TPSA) is 174 Å². The number of fused-ring (bicyclic) bond motifs is 4. The van der Waals surface area contributed by atoms with Crippen LogP contribution in [-0.4, -0.2) is 78.1 Å². The zero-order valence-corrected chi connectivity index (χ0v) is 30.5. The number of piperidine rings is 3. The van der Waals surface area contributed by atoms with Crippen molar-refractivity contribution in [1.82, 2.24) is 20.5 Å². The number of aliphatic hydroxyl groups is 1. The Morgan fingerprint density at radius 1 is 0.945 bits per heavy atom. The average molecular weight is 748 g/mol. The summed E-state index contributed by atoms with van der Waals surface area (Å²) in [6.45, 7) is 3.18. The number of nitrogens with zero attached hydrogens (tertiary/aromatic N) is 1. The summed E-state index contributed by atoms with van der Waals surface area (Å²) >= 11 is 0. The first kappa shape index (κ1) is 37.4. The molecule has 8 rings (SSSR count). The zero-order chi connectivity index (χ0) is 38.3. The van der Waals surface area contributed by atoms with Crippen LogP contribution in [0.1, 0.15) is 47.2 Å². The lowest BCUT2D eigenvalue weighted by Gasteiger charge is -2.43. The van der Waals surface area contributed by atoms with E-state index in [1.807, 2.05) is 54.6 Å². The van der Waals surface area contributed by atoms with E-state index in [2.05, 4.69) is 25.8 Å². The number of rotatable bonds is 14. The van der Waals surface area contributed by atoms with Gasteiger partial charge in [-0.05, 0) is 78.9 Å². The Morgan fingerprint density at radius 3 is 2.51 bits per heavy atom. The molecule has 0 spiro atoms. The Bertz CT molecular complexity index is 2190. The molecular weight excluding hydrogens is 702 g/mol.